The molecule has 0 unspecified atom stereocenters. The third-order valence-electron chi connectivity index (χ3n) is 4.12. The molecule has 30 heavy (non-hydrogen) atoms. The summed E-state index contributed by atoms with van der Waals surface area (Å²) in [6, 6.07) is 10.3. The molecular weight excluding hydrogens is 393 g/mol. The number of anilines is 2. The predicted octanol–water partition coefficient (Wildman–Crippen LogP) is 2.42. The molecule has 2 aromatic carbocycles. The Labute approximate surface area is 170 Å². The van der Waals surface area contributed by atoms with E-state index >= 15 is 0 Å². The molecule has 10 heteroatoms. The molecule has 0 atom stereocenters. The quantitative estimate of drug-likeness (QED) is 0.496. The Hall–Kier alpha value is -4.21. The van der Waals surface area contributed by atoms with Gasteiger partial charge in [-0.3, -0.25) is 14.4 Å². The molecule has 0 saturated carbocycles. The fourth-order valence-corrected chi connectivity index (χ4v) is 2.69. The van der Waals surface area contributed by atoms with Crippen molar-refractivity contribution in [3.8, 4) is 5.75 Å². The Balaban J connectivity index is 1.69. The number of aromatic amines is 1. The van der Waals surface area contributed by atoms with Crippen molar-refractivity contribution in [2.75, 3.05) is 24.8 Å². The van der Waals surface area contributed by atoms with E-state index in [2.05, 4.69) is 25.9 Å². The summed E-state index contributed by atoms with van der Waals surface area (Å²) in [6.45, 7) is 0. The second-order valence-corrected chi connectivity index (χ2v) is 6.01. The highest BCUT2D eigenvalue weighted by Crippen LogP contribution is 2.24. The molecule has 0 fully saturated rings. The molecule has 0 aliphatic rings. The molecule has 3 aromatic rings. The van der Waals surface area contributed by atoms with Gasteiger partial charge in [0.25, 0.3) is 17.7 Å². The van der Waals surface area contributed by atoms with Gasteiger partial charge in [-0.25, -0.2) is 9.37 Å². The SMILES string of the molecule is CNC(=O)c1[nH]cnc1C(=O)Nc1ccc(NC(=O)c2cccc(F)c2OC)cc1. The highest BCUT2D eigenvalue weighted by Gasteiger charge is 2.20. The van der Waals surface area contributed by atoms with Crippen LogP contribution in [-0.4, -0.2) is 41.8 Å². The first-order chi connectivity index (χ1) is 14.4. The van der Waals surface area contributed by atoms with Crippen LogP contribution in [0.3, 0.4) is 0 Å². The average Bonchev–Trinajstić information content (AvgIpc) is 3.24. The number of nitrogens with one attached hydrogen (secondary N) is 4. The van der Waals surface area contributed by atoms with Crippen molar-refractivity contribution in [2.45, 2.75) is 0 Å². The number of H-pyrrole nitrogens is 1. The van der Waals surface area contributed by atoms with Gasteiger partial charge in [-0.15, -0.1) is 0 Å². The van der Waals surface area contributed by atoms with Crippen molar-refractivity contribution in [3.63, 3.8) is 0 Å². The first-order valence-electron chi connectivity index (χ1n) is 8.75. The van der Waals surface area contributed by atoms with Crippen LogP contribution in [-0.2, 0) is 0 Å². The van der Waals surface area contributed by atoms with E-state index in [4.69, 9.17) is 4.74 Å². The third kappa shape index (κ3) is 4.27. The van der Waals surface area contributed by atoms with Crippen molar-refractivity contribution in [1.29, 1.82) is 0 Å². The van der Waals surface area contributed by atoms with Crippen LogP contribution in [0.5, 0.6) is 5.75 Å². The molecule has 9 nitrogen and oxygen atoms in total. The first-order valence-corrected chi connectivity index (χ1v) is 8.75. The lowest BCUT2D eigenvalue weighted by Gasteiger charge is -2.11. The zero-order valence-electron chi connectivity index (χ0n) is 16.1. The molecule has 3 amide bonds. The van der Waals surface area contributed by atoms with Crippen LogP contribution in [0.4, 0.5) is 15.8 Å². The lowest BCUT2D eigenvalue weighted by molar-refractivity contribution is 0.0943. The number of imidazole rings is 1. The number of hydrogen-bond acceptors (Lipinski definition) is 5. The topological polar surface area (TPSA) is 125 Å². The number of halogens is 1. The van der Waals surface area contributed by atoms with E-state index < -0.39 is 23.5 Å². The maximum atomic E-state index is 13.8. The van der Waals surface area contributed by atoms with E-state index in [0.717, 1.165) is 0 Å². The van der Waals surface area contributed by atoms with Gasteiger partial charge in [0.05, 0.1) is 19.0 Å². The number of carbonyl (C=O) groups excluding carboxylic acids is 3. The standard InChI is InChI=1S/C20H18FN5O4/c1-22-19(28)15-16(24-10-23-15)20(29)26-12-8-6-11(7-9-12)25-18(27)13-4-3-5-14(21)17(13)30-2/h3-10H,1-2H3,(H,22,28)(H,23,24)(H,25,27)(H,26,29). The number of aromatic nitrogens is 2. The maximum absolute atomic E-state index is 13.8. The van der Waals surface area contributed by atoms with Gasteiger partial charge in [0.2, 0.25) is 0 Å². The summed E-state index contributed by atoms with van der Waals surface area (Å²) in [6.07, 6.45) is 1.25. The number of para-hydroxylation sites is 1. The first kappa shape index (κ1) is 20.5. The smallest absolute Gasteiger partial charge is 0.276 e. The fraction of sp³-hybridized carbons (Fsp3) is 0.100. The minimum atomic E-state index is -0.641. The van der Waals surface area contributed by atoms with E-state index in [1.165, 1.54) is 38.7 Å². The van der Waals surface area contributed by atoms with Crippen LogP contribution in [0.25, 0.3) is 0 Å². The van der Waals surface area contributed by atoms with E-state index in [1.807, 2.05) is 0 Å². The molecule has 0 saturated heterocycles. The number of amides is 3. The summed E-state index contributed by atoms with van der Waals surface area (Å²) in [4.78, 5) is 43.0. The van der Waals surface area contributed by atoms with Crippen molar-refractivity contribution < 1.29 is 23.5 Å². The van der Waals surface area contributed by atoms with Crippen LogP contribution in [0.2, 0.25) is 0 Å². The molecule has 0 radical (unpaired) electrons. The normalized spacial score (nSPS) is 10.2. The highest BCUT2D eigenvalue weighted by atomic mass is 19.1. The van der Waals surface area contributed by atoms with E-state index in [9.17, 15) is 18.8 Å². The third-order valence-corrected chi connectivity index (χ3v) is 4.12. The minimum absolute atomic E-state index is 0.0444. The van der Waals surface area contributed by atoms with Gasteiger partial charge in [-0.05, 0) is 36.4 Å². The predicted molar refractivity (Wildman–Crippen MR) is 107 cm³/mol. The summed E-state index contributed by atoms with van der Waals surface area (Å²) >= 11 is 0. The van der Waals surface area contributed by atoms with Crippen LogP contribution in [0.15, 0.2) is 48.8 Å². The van der Waals surface area contributed by atoms with Gasteiger partial charge in [0, 0.05) is 18.4 Å². The molecule has 154 valence electrons. The van der Waals surface area contributed by atoms with Crippen molar-refractivity contribution in [3.05, 3.63) is 71.6 Å². The van der Waals surface area contributed by atoms with Crippen LogP contribution in [0, 0.1) is 5.82 Å². The molecule has 4 N–H and O–H groups in total. The lowest BCUT2D eigenvalue weighted by Crippen LogP contribution is -2.23. The molecular formula is C20H18FN5O4. The molecule has 1 aromatic heterocycles. The molecule has 0 bridgehead atoms. The zero-order valence-corrected chi connectivity index (χ0v) is 16.1. The minimum Gasteiger partial charge on any atom is -0.493 e. The molecule has 1 heterocycles. The van der Waals surface area contributed by atoms with Crippen LogP contribution in [0.1, 0.15) is 31.3 Å². The zero-order chi connectivity index (χ0) is 21.7. The van der Waals surface area contributed by atoms with E-state index in [-0.39, 0.29) is 22.7 Å². The Morgan fingerprint density at radius 3 is 2.20 bits per heavy atom. The largest absolute Gasteiger partial charge is 0.493 e. The van der Waals surface area contributed by atoms with Crippen molar-refractivity contribution in [2.24, 2.45) is 0 Å². The monoisotopic (exact) mass is 411 g/mol. The van der Waals surface area contributed by atoms with Gasteiger partial charge in [-0.1, -0.05) is 6.07 Å². The number of benzene rings is 2. The Morgan fingerprint density at radius 1 is 0.967 bits per heavy atom. The number of rotatable bonds is 6. The maximum Gasteiger partial charge on any atom is 0.276 e. The van der Waals surface area contributed by atoms with Gasteiger partial charge < -0.3 is 25.7 Å². The second-order valence-electron chi connectivity index (χ2n) is 6.01. The van der Waals surface area contributed by atoms with Gasteiger partial charge >= 0.3 is 0 Å². The number of ether oxygens (including phenoxy) is 1. The molecule has 0 aliphatic carbocycles. The van der Waals surface area contributed by atoms with Gasteiger partial charge in [0.15, 0.2) is 17.3 Å². The summed E-state index contributed by atoms with van der Waals surface area (Å²) in [7, 11) is 2.72. The van der Waals surface area contributed by atoms with Crippen molar-refractivity contribution in [1.82, 2.24) is 15.3 Å². The average molecular weight is 411 g/mol. The number of hydrogen-bond donors (Lipinski definition) is 4. The summed E-state index contributed by atoms with van der Waals surface area (Å²) in [5, 5.41) is 7.66. The summed E-state index contributed by atoms with van der Waals surface area (Å²) in [5.41, 5.74) is 0.894. The summed E-state index contributed by atoms with van der Waals surface area (Å²) < 4.78 is 18.7. The molecule has 0 spiro atoms. The van der Waals surface area contributed by atoms with E-state index in [1.54, 1.807) is 24.3 Å². The van der Waals surface area contributed by atoms with Gasteiger partial charge in [0.1, 0.15) is 5.69 Å². The van der Waals surface area contributed by atoms with Crippen molar-refractivity contribution >= 4 is 29.1 Å². The van der Waals surface area contributed by atoms with Gasteiger partial charge in [-0.2, -0.15) is 0 Å². The Morgan fingerprint density at radius 2 is 1.60 bits per heavy atom. The van der Waals surface area contributed by atoms with Crippen LogP contribution >= 0.6 is 0 Å². The van der Waals surface area contributed by atoms with E-state index in [0.29, 0.717) is 11.4 Å². The second kappa shape index (κ2) is 8.86. The molecule has 0 aliphatic heterocycles. The van der Waals surface area contributed by atoms with Crippen LogP contribution < -0.4 is 20.7 Å². The summed E-state index contributed by atoms with van der Waals surface area (Å²) in [5.74, 6) is -2.38. The highest BCUT2D eigenvalue weighted by molar-refractivity contribution is 6.10. The Bertz CT molecular complexity index is 1090. The lowest BCUT2D eigenvalue weighted by atomic mass is 10.1. The molecule has 3 rings (SSSR count). The fourth-order valence-electron chi connectivity index (χ4n) is 2.69. The number of nitrogens with zero attached hydrogens (tertiary/aromatic N) is 1. The number of methoxy groups -OCH3 is 1. The number of carbonyl (C=O) groups is 3. The Kier molecular flexibility index (Phi) is 6.06.